The number of sulfone groups is 1. The third kappa shape index (κ3) is 4.80. The Morgan fingerprint density at radius 2 is 1.92 bits per heavy atom. The largest absolute Gasteiger partial charge is 0.356 e. The third-order valence-electron chi connectivity index (χ3n) is 4.92. The molecule has 2 aliphatic rings. The summed E-state index contributed by atoms with van der Waals surface area (Å²) in [5, 5.41) is 3.05. The second-order valence-corrected chi connectivity index (χ2v) is 9.07. The van der Waals surface area contributed by atoms with Gasteiger partial charge >= 0.3 is 0 Å². The lowest BCUT2D eigenvalue weighted by Gasteiger charge is -2.31. The van der Waals surface area contributed by atoms with Gasteiger partial charge < -0.3 is 10.2 Å². The molecule has 1 saturated heterocycles. The van der Waals surface area contributed by atoms with Crippen LogP contribution in [0, 0.1) is 11.8 Å². The average molecular weight is 350 g/mol. The molecule has 1 N–H and O–H groups in total. The lowest BCUT2D eigenvalue weighted by molar-refractivity contribution is -0.126. The molecular weight excluding hydrogens is 324 g/mol. The lowest BCUT2D eigenvalue weighted by Crippen LogP contribution is -2.44. The number of likely N-dealkylation sites (tertiary alicyclic amines) is 1. The van der Waals surface area contributed by atoms with E-state index in [-0.39, 0.29) is 17.6 Å². The number of hydrogen-bond acceptors (Lipinski definition) is 4. The topological polar surface area (TPSA) is 66.5 Å². The maximum Gasteiger partial charge on any atom is 0.224 e. The van der Waals surface area contributed by atoms with Crippen molar-refractivity contribution in [2.24, 2.45) is 11.8 Å². The quantitative estimate of drug-likeness (QED) is 0.813. The SMILES string of the molecule is O=C(NCC1CC1)[C@H]1CCCN(CCS(=O)(=O)c2ccccc2)C1. The molecule has 1 aromatic rings. The van der Waals surface area contributed by atoms with Gasteiger partial charge in [-0.25, -0.2) is 8.42 Å². The van der Waals surface area contributed by atoms with Crippen molar-refractivity contribution in [1.82, 2.24) is 10.2 Å². The van der Waals surface area contributed by atoms with E-state index in [2.05, 4.69) is 10.2 Å². The molecule has 3 rings (SSSR count). The molecular formula is C18H26N2O3S. The Morgan fingerprint density at radius 3 is 2.62 bits per heavy atom. The molecule has 0 spiro atoms. The summed E-state index contributed by atoms with van der Waals surface area (Å²) >= 11 is 0. The van der Waals surface area contributed by atoms with E-state index in [9.17, 15) is 13.2 Å². The van der Waals surface area contributed by atoms with Crippen molar-refractivity contribution in [3.05, 3.63) is 30.3 Å². The van der Waals surface area contributed by atoms with Crippen LogP contribution in [0.1, 0.15) is 25.7 Å². The maximum atomic E-state index is 12.4. The maximum absolute atomic E-state index is 12.4. The standard InChI is InChI=1S/C18H26N2O3S/c21-18(19-13-15-8-9-15)16-5-4-10-20(14-16)11-12-24(22,23)17-6-2-1-3-7-17/h1-3,6-7,15-16H,4-5,8-14H2,(H,19,21)/t16-/m0/s1. The zero-order chi connectivity index (χ0) is 17.0. The summed E-state index contributed by atoms with van der Waals surface area (Å²) < 4.78 is 24.7. The number of nitrogens with one attached hydrogen (secondary N) is 1. The molecule has 1 heterocycles. The highest BCUT2D eigenvalue weighted by Gasteiger charge is 2.28. The number of piperidine rings is 1. The first kappa shape index (κ1) is 17.4. The van der Waals surface area contributed by atoms with Gasteiger partial charge in [0.25, 0.3) is 0 Å². The van der Waals surface area contributed by atoms with Gasteiger partial charge in [0, 0.05) is 19.6 Å². The van der Waals surface area contributed by atoms with Gasteiger partial charge in [-0.15, -0.1) is 0 Å². The van der Waals surface area contributed by atoms with Crippen molar-refractivity contribution in [3.63, 3.8) is 0 Å². The summed E-state index contributed by atoms with van der Waals surface area (Å²) in [6, 6.07) is 8.58. The summed E-state index contributed by atoms with van der Waals surface area (Å²) in [4.78, 5) is 14.7. The van der Waals surface area contributed by atoms with Crippen LogP contribution in [-0.2, 0) is 14.6 Å². The fourth-order valence-electron chi connectivity index (χ4n) is 3.18. The minimum absolute atomic E-state index is 0.00284. The van der Waals surface area contributed by atoms with E-state index >= 15 is 0 Å². The zero-order valence-electron chi connectivity index (χ0n) is 14.0. The molecule has 24 heavy (non-hydrogen) atoms. The van der Waals surface area contributed by atoms with Gasteiger partial charge in [0.15, 0.2) is 9.84 Å². The average Bonchev–Trinajstić information content (AvgIpc) is 3.43. The second kappa shape index (κ2) is 7.66. The van der Waals surface area contributed by atoms with Gasteiger partial charge in [-0.05, 0) is 50.3 Å². The summed E-state index contributed by atoms with van der Waals surface area (Å²) in [6.45, 7) is 2.83. The molecule has 1 atom stereocenters. The Balaban J connectivity index is 1.49. The van der Waals surface area contributed by atoms with Crippen LogP contribution in [0.5, 0.6) is 0 Å². The zero-order valence-corrected chi connectivity index (χ0v) is 14.8. The monoisotopic (exact) mass is 350 g/mol. The van der Waals surface area contributed by atoms with E-state index in [1.165, 1.54) is 12.8 Å². The van der Waals surface area contributed by atoms with E-state index in [1.54, 1.807) is 24.3 Å². The molecule has 1 amide bonds. The molecule has 1 aliphatic heterocycles. The van der Waals surface area contributed by atoms with Crippen LogP contribution in [0.4, 0.5) is 0 Å². The first-order chi connectivity index (χ1) is 11.5. The Bertz CT molecular complexity index is 656. The molecule has 0 radical (unpaired) electrons. The van der Waals surface area contributed by atoms with Crippen LogP contribution in [0.2, 0.25) is 0 Å². The molecule has 6 heteroatoms. The number of benzene rings is 1. The highest BCUT2D eigenvalue weighted by Crippen LogP contribution is 2.28. The van der Waals surface area contributed by atoms with Gasteiger partial charge in [-0.1, -0.05) is 18.2 Å². The van der Waals surface area contributed by atoms with Crippen LogP contribution in [-0.4, -0.2) is 51.2 Å². The van der Waals surface area contributed by atoms with E-state index in [0.717, 1.165) is 25.9 Å². The molecule has 2 fully saturated rings. The van der Waals surface area contributed by atoms with Crippen molar-refractivity contribution < 1.29 is 13.2 Å². The van der Waals surface area contributed by atoms with Crippen molar-refractivity contribution in [1.29, 1.82) is 0 Å². The Hall–Kier alpha value is -1.40. The molecule has 0 bridgehead atoms. The fourth-order valence-corrected chi connectivity index (χ4v) is 4.48. The molecule has 0 aromatic heterocycles. The van der Waals surface area contributed by atoms with Gasteiger partial charge in [0.2, 0.25) is 5.91 Å². The van der Waals surface area contributed by atoms with Crippen LogP contribution in [0.15, 0.2) is 35.2 Å². The van der Waals surface area contributed by atoms with Gasteiger partial charge in [0.1, 0.15) is 0 Å². The smallest absolute Gasteiger partial charge is 0.224 e. The minimum atomic E-state index is -3.25. The van der Waals surface area contributed by atoms with Gasteiger partial charge in [-0.2, -0.15) is 0 Å². The predicted octanol–water partition coefficient (Wildman–Crippen LogP) is 1.70. The highest BCUT2D eigenvalue weighted by atomic mass is 32.2. The third-order valence-corrected chi connectivity index (χ3v) is 6.63. The molecule has 1 aliphatic carbocycles. The normalized spacial score (nSPS) is 22.2. The summed E-state index contributed by atoms with van der Waals surface area (Å²) in [6.07, 6.45) is 4.31. The van der Waals surface area contributed by atoms with Crippen molar-refractivity contribution in [3.8, 4) is 0 Å². The molecule has 1 saturated carbocycles. The number of amides is 1. The molecule has 5 nitrogen and oxygen atoms in total. The lowest BCUT2D eigenvalue weighted by atomic mass is 9.97. The number of rotatable bonds is 7. The Labute approximate surface area is 144 Å². The second-order valence-electron chi connectivity index (χ2n) is 6.96. The number of nitrogens with zero attached hydrogens (tertiary/aromatic N) is 1. The summed E-state index contributed by atoms with van der Waals surface area (Å²) in [5.74, 6) is 0.923. The number of carbonyl (C=O) groups is 1. The number of carbonyl (C=O) groups excluding carboxylic acids is 1. The van der Waals surface area contributed by atoms with Gasteiger partial charge in [-0.3, -0.25) is 4.79 Å². The van der Waals surface area contributed by atoms with Gasteiger partial charge in [0.05, 0.1) is 16.6 Å². The minimum Gasteiger partial charge on any atom is -0.356 e. The first-order valence-corrected chi connectivity index (χ1v) is 10.5. The van der Waals surface area contributed by atoms with E-state index in [0.29, 0.717) is 23.9 Å². The van der Waals surface area contributed by atoms with Crippen LogP contribution < -0.4 is 5.32 Å². The first-order valence-electron chi connectivity index (χ1n) is 8.82. The Morgan fingerprint density at radius 1 is 1.17 bits per heavy atom. The van der Waals surface area contributed by atoms with Crippen LogP contribution in [0.3, 0.4) is 0 Å². The fraction of sp³-hybridized carbons (Fsp3) is 0.611. The highest BCUT2D eigenvalue weighted by molar-refractivity contribution is 7.91. The van der Waals surface area contributed by atoms with E-state index in [1.807, 2.05) is 6.07 Å². The van der Waals surface area contributed by atoms with Crippen molar-refractivity contribution in [2.75, 3.05) is 31.9 Å². The van der Waals surface area contributed by atoms with E-state index in [4.69, 9.17) is 0 Å². The summed E-state index contributed by atoms with van der Waals surface area (Å²) in [5.41, 5.74) is 0. The Kier molecular flexibility index (Phi) is 5.56. The van der Waals surface area contributed by atoms with Crippen molar-refractivity contribution in [2.45, 2.75) is 30.6 Å². The van der Waals surface area contributed by atoms with Crippen LogP contribution >= 0.6 is 0 Å². The molecule has 1 aromatic carbocycles. The number of hydrogen-bond donors (Lipinski definition) is 1. The molecule has 132 valence electrons. The molecule has 0 unspecified atom stereocenters. The predicted molar refractivity (Wildman–Crippen MR) is 93.4 cm³/mol. The van der Waals surface area contributed by atoms with E-state index < -0.39 is 9.84 Å². The van der Waals surface area contributed by atoms with Crippen LogP contribution in [0.25, 0.3) is 0 Å². The van der Waals surface area contributed by atoms with Crippen molar-refractivity contribution >= 4 is 15.7 Å². The summed E-state index contributed by atoms with van der Waals surface area (Å²) in [7, 11) is -3.25.